The summed E-state index contributed by atoms with van der Waals surface area (Å²) in [5.41, 5.74) is 4.38. The molecule has 8 heteroatoms. The lowest BCUT2D eigenvalue weighted by Crippen LogP contribution is -2.42. The average molecular weight is 555 g/mol. The second-order valence-corrected chi connectivity index (χ2v) is 10.8. The number of amides is 2. The third-order valence-corrected chi connectivity index (χ3v) is 7.64. The lowest BCUT2D eigenvalue weighted by Gasteiger charge is -2.31. The number of hydrogen-bond donors (Lipinski definition) is 3. The van der Waals surface area contributed by atoms with E-state index >= 15 is 0 Å². The van der Waals surface area contributed by atoms with Gasteiger partial charge in [0, 0.05) is 49.8 Å². The predicted molar refractivity (Wildman–Crippen MR) is 160 cm³/mol. The smallest absolute Gasteiger partial charge is 0.411 e. The lowest BCUT2D eigenvalue weighted by atomic mass is 10.0. The van der Waals surface area contributed by atoms with E-state index in [4.69, 9.17) is 4.74 Å². The van der Waals surface area contributed by atoms with Crippen LogP contribution < -0.4 is 16.0 Å². The van der Waals surface area contributed by atoms with Crippen molar-refractivity contribution in [3.63, 3.8) is 0 Å². The molecule has 214 valence electrons. The number of nitrogens with zero attached hydrogens (tertiary/aromatic N) is 1. The number of likely N-dealkylation sites (tertiary alicyclic amines) is 1. The van der Waals surface area contributed by atoms with Gasteiger partial charge < -0.3 is 20.3 Å². The first-order valence-corrected chi connectivity index (χ1v) is 14.5. The fraction of sp³-hybridized carbons (Fsp3) is 0.364. The van der Waals surface area contributed by atoms with Crippen LogP contribution >= 0.6 is 0 Å². The van der Waals surface area contributed by atoms with Crippen LogP contribution in [0.25, 0.3) is 11.1 Å². The van der Waals surface area contributed by atoms with Crippen molar-refractivity contribution < 1.29 is 19.1 Å². The minimum Gasteiger partial charge on any atom is -0.446 e. The van der Waals surface area contributed by atoms with Gasteiger partial charge in [0.1, 0.15) is 6.10 Å². The number of piperidine rings is 1. The van der Waals surface area contributed by atoms with E-state index in [1.54, 1.807) is 0 Å². The van der Waals surface area contributed by atoms with Crippen LogP contribution in [-0.2, 0) is 16.1 Å². The molecule has 0 unspecified atom stereocenters. The second-order valence-electron chi connectivity index (χ2n) is 10.8. The molecule has 1 aliphatic carbocycles. The van der Waals surface area contributed by atoms with Crippen LogP contribution in [0.3, 0.4) is 0 Å². The van der Waals surface area contributed by atoms with E-state index in [1.165, 1.54) is 0 Å². The van der Waals surface area contributed by atoms with Crippen LogP contribution in [0, 0.1) is 5.92 Å². The molecule has 1 saturated carbocycles. The standard InChI is InChI=1S/C33H38N4O4/c38-31(26-12-10-24(11-13-26)22-35-32(39)27-14-15-27)23-34-18-21-37-19-16-28(17-20-37)41-33(40)36-30-9-5-4-8-29(30)25-6-2-1-3-7-25/h1-13,27-28,34H,14-23H2,(H,35,39)(H,36,40). The number of ether oxygens (including phenoxy) is 1. The number of Topliss-reactive ketones (excluding diaryl/α,β-unsaturated/α-hetero) is 1. The summed E-state index contributed by atoms with van der Waals surface area (Å²) in [6.07, 6.45) is 2.99. The largest absolute Gasteiger partial charge is 0.446 e. The molecular weight excluding hydrogens is 516 g/mol. The van der Waals surface area contributed by atoms with Crippen molar-refractivity contribution in [1.82, 2.24) is 15.5 Å². The minimum atomic E-state index is -0.428. The van der Waals surface area contributed by atoms with Crippen LogP contribution in [0.4, 0.5) is 10.5 Å². The normalized spacial score (nSPS) is 15.7. The fourth-order valence-corrected chi connectivity index (χ4v) is 5.03. The zero-order chi connectivity index (χ0) is 28.4. The van der Waals surface area contributed by atoms with Gasteiger partial charge in [-0.3, -0.25) is 14.9 Å². The van der Waals surface area contributed by atoms with Crippen LogP contribution in [0.5, 0.6) is 0 Å². The molecule has 0 radical (unpaired) electrons. The van der Waals surface area contributed by atoms with Gasteiger partial charge in [0.25, 0.3) is 0 Å². The Kier molecular flexibility index (Phi) is 9.78. The topological polar surface area (TPSA) is 99.8 Å². The number of anilines is 1. The maximum atomic E-state index is 12.6. The number of ketones is 1. The van der Waals surface area contributed by atoms with E-state index in [1.807, 2.05) is 78.9 Å². The summed E-state index contributed by atoms with van der Waals surface area (Å²) in [6, 6.07) is 25.1. The molecule has 1 heterocycles. The molecule has 3 N–H and O–H groups in total. The van der Waals surface area contributed by atoms with Gasteiger partial charge in [-0.15, -0.1) is 0 Å². The zero-order valence-electron chi connectivity index (χ0n) is 23.3. The summed E-state index contributed by atoms with van der Waals surface area (Å²) >= 11 is 0. The molecular formula is C33H38N4O4. The number of carbonyl (C=O) groups excluding carboxylic acids is 3. The predicted octanol–water partition coefficient (Wildman–Crippen LogP) is 4.87. The van der Waals surface area contributed by atoms with Gasteiger partial charge >= 0.3 is 6.09 Å². The number of hydrogen-bond acceptors (Lipinski definition) is 6. The first-order valence-electron chi connectivity index (χ1n) is 14.5. The highest BCUT2D eigenvalue weighted by Gasteiger charge is 2.29. The molecule has 0 aromatic heterocycles. The zero-order valence-corrected chi connectivity index (χ0v) is 23.3. The van der Waals surface area contributed by atoms with Crippen LogP contribution in [-0.4, -0.2) is 61.5 Å². The fourth-order valence-electron chi connectivity index (χ4n) is 5.03. The van der Waals surface area contributed by atoms with E-state index in [2.05, 4.69) is 20.9 Å². The van der Waals surface area contributed by atoms with Crippen molar-refractivity contribution in [3.05, 3.63) is 90.0 Å². The summed E-state index contributed by atoms with van der Waals surface area (Å²) in [7, 11) is 0. The molecule has 2 aliphatic rings. The Hall–Kier alpha value is -4.01. The van der Waals surface area contributed by atoms with Crippen molar-refractivity contribution in [3.8, 4) is 11.1 Å². The molecule has 2 fully saturated rings. The van der Waals surface area contributed by atoms with Gasteiger partial charge in [-0.05, 0) is 42.9 Å². The number of para-hydroxylation sites is 1. The Morgan fingerprint density at radius 3 is 2.27 bits per heavy atom. The quantitative estimate of drug-likeness (QED) is 0.218. The molecule has 2 amide bonds. The summed E-state index contributed by atoms with van der Waals surface area (Å²) in [5.74, 6) is 0.366. The maximum absolute atomic E-state index is 12.6. The highest BCUT2D eigenvalue weighted by Crippen LogP contribution is 2.29. The number of nitrogens with one attached hydrogen (secondary N) is 3. The third-order valence-electron chi connectivity index (χ3n) is 7.64. The maximum Gasteiger partial charge on any atom is 0.411 e. The Balaban J connectivity index is 0.967. The molecule has 1 aliphatic heterocycles. The molecule has 5 rings (SSSR count). The third kappa shape index (κ3) is 8.49. The van der Waals surface area contributed by atoms with E-state index in [-0.39, 0.29) is 30.3 Å². The van der Waals surface area contributed by atoms with E-state index in [9.17, 15) is 14.4 Å². The minimum absolute atomic E-state index is 0.0468. The van der Waals surface area contributed by atoms with Crippen LogP contribution in [0.2, 0.25) is 0 Å². The first-order chi connectivity index (χ1) is 20.0. The summed E-state index contributed by atoms with van der Waals surface area (Å²) in [5, 5.41) is 9.11. The van der Waals surface area contributed by atoms with Gasteiger partial charge in [-0.25, -0.2) is 4.79 Å². The van der Waals surface area contributed by atoms with E-state index in [0.717, 1.165) is 67.7 Å². The van der Waals surface area contributed by atoms with Crippen LogP contribution in [0.15, 0.2) is 78.9 Å². The molecule has 0 spiro atoms. The van der Waals surface area contributed by atoms with Gasteiger partial charge in [0.15, 0.2) is 5.78 Å². The van der Waals surface area contributed by atoms with Gasteiger partial charge in [-0.1, -0.05) is 72.8 Å². The van der Waals surface area contributed by atoms with Gasteiger partial charge in [0.2, 0.25) is 5.91 Å². The van der Waals surface area contributed by atoms with Crippen molar-refractivity contribution in [2.45, 2.75) is 38.3 Å². The van der Waals surface area contributed by atoms with Crippen molar-refractivity contribution in [1.29, 1.82) is 0 Å². The molecule has 1 saturated heterocycles. The first kappa shape index (κ1) is 28.5. The Morgan fingerprint density at radius 1 is 0.829 bits per heavy atom. The molecule has 41 heavy (non-hydrogen) atoms. The van der Waals surface area contributed by atoms with E-state index in [0.29, 0.717) is 18.7 Å². The molecule has 3 aromatic carbocycles. The monoisotopic (exact) mass is 554 g/mol. The van der Waals surface area contributed by atoms with Crippen molar-refractivity contribution in [2.24, 2.45) is 5.92 Å². The Labute approximate surface area is 241 Å². The average Bonchev–Trinajstić information content (AvgIpc) is 3.86. The molecule has 8 nitrogen and oxygen atoms in total. The highest BCUT2D eigenvalue weighted by atomic mass is 16.6. The van der Waals surface area contributed by atoms with Gasteiger partial charge in [0.05, 0.1) is 12.2 Å². The van der Waals surface area contributed by atoms with Crippen LogP contribution in [0.1, 0.15) is 41.6 Å². The van der Waals surface area contributed by atoms with E-state index < -0.39 is 6.09 Å². The van der Waals surface area contributed by atoms with Gasteiger partial charge in [-0.2, -0.15) is 0 Å². The Morgan fingerprint density at radius 2 is 1.54 bits per heavy atom. The number of carbonyl (C=O) groups is 3. The van der Waals surface area contributed by atoms with Crippen molar-refractivity contribution >= 4 is 23.5 Å². The number of benzene rings is 3. The van der Waals surface area contributed by atoms with Crippen molar-refractivity contribution in [2.75, 3.05) is 38.0 Å². The highest BCUT2D eigenvalue weighted by molar-refractivity contribution is 5.97. The summed E-state index contributed by atoms with van der Waals surface area (Å²) in [4.78, 5) is 39.3. The molecule has 3 aromatic rings. The summed E-state index contributed by atoms with van der Waals surface area (Å²) < 4.78 is 5.73. The molecule has 0 atom stereocenters. The number of rotatable bonds is 12. The Bertz CT molecular complexity index is 1320. The summed E-state index contributed by atoms with van der Waals surface area (Å²) in [6.45, 7) is 3.99. The second kappa shape index (κ2) is 14.1. The SMILES string of the molecule is O=C(Nc1ccccc1-c1ccccc1)OC1CCN(CCNCC(=O)c2ccc(CNC(=O)C3CC3)cc2)CC1. The lowest BCUT2D eigenvalue weighted by molar-refractivity contribution is -0.122. The molecule has 0 bridgehead atoms.